The lowest BCUT2D eigenvalue weighted by molar-refractivity contribution is 0.455. The number of nitrogens with one attached hydrogen (secondary N) is 1. The van der Waals surface area contributed by atoms with Gasteiger partial charge in [-0.05, 0) is 11.4 Å². The number of hydrogen-bond acceptors (Lipinski definition) is 3. The molecule has 0 spiro atoms. The van der Waals surface area contributed by atoms with E-state index in [2.05, 4.69) is 4.98 Å². The maximum Gasteiger partial charge on any atom is 0.328 e. The highest BCUT2D eigenvalue weighted by Gasteiger charge is 2.01. The van der Waals surface area contributed by atoms with Crippen molar-refractivity contribution in [3.05, 3.63) is 39.1 Å². The van der Waals surface area contributed by atoms with Crippen molar-refractivity contribution in [2.75, 3.05) is 0 Å². The first-order chi connectivity index (χ1) is 6.25. The molecule has 2 aromatic heterocycles. The zero-order valence-corrected chi connectivity index (χ0v) is 7.54. The predicted octanol–water partition coefficient (Wildman–Crippen LogP) is 0.992. The maximum absolute atomic E-state index is 11.1. The quantitative estimate of drug-likeness (QED) is 0.752. The van der Waals surface area contributed by atoms with Crippen molar-refractivity contribution < 1.29 is 5.11 Å². The van der Waals surface area contributed by atoms with Gasteiger partial charge in [-0.2, -0.15) is 0 Å². The van der Waals surface area contributed by atoms with Crippen molar-refractivity contribution in [2.45, 2.75) is 6.54 Å². The van der Waals surface area contributed by atoms with Gasteiger partial charge in [0.2, 0.25) is 5.88 Å². The zero-order chi connectivity index (χ0) is 9.26. The van der Waals surface area contributed by atoms with E-state index < -0.39 is 0 Å². The monoisotopic (exact) mass is 196 g/mol. The van der Waals surface area contributed by atoms with Crippen LogP contribution in [-0.2, 0) is 6.54 Å². The Kier molecular flexibility index (Phi) is 1.94. The van der Waals surface area contributed by atoms with E-state index >= 15 is 0 Å². The van der Waals surface area contributed by atoms with E-state index in [1.807, 2.05) is 17.5 Å². The lowest BCUT2D eigenvalue weighted by atomic mass is 10.5. The van der Waals surface area contributed by atoms with Crippen molar-refractivity contribution in [2.24, 2.45) is 0 Å². The first-order valence-corrected chi connectivity index (χ1v) is 4.64. The highest BCUT2D eigenvalue weighted by atomic mass is 32.1. The summed E-state index contributed by atoms with van der Waals surface area (Å²) in [6.45, 7) is 0.507. The number of aromatic amines is 1. The molecule has 0 amide bonds. The van der Waals surface area contributed by atoms with E-state index in [1.54, 1.807) is 11.3 Å². The largest absolute Gasteiger partial charge is 0.493 e. The molecule has 0 aliphatic heterocycles. The third-order valence-electron chi connectivity index (χ3n) is 1.68. The topological polar surface area (TPSA) is 58.0 Å². The van der Waals surface area contributed by atoms with Gasteiger partial charge in [-0.1, -0.05) is 6.07 Å². The fourth-order valence-corrected chi connectivity index (χ4v) is 1.81. The molecule has 5 heteroatoms. The van der Waals surface area contributed by atoms with E-state index in [4.69, 9.17) is 5.11 Å². The number of H-pyrrole nitrogens is 1. The molecule has 0 aliphatic rings. The Hall–Kier alpha value is -1.49. The van der Waals surface area contributed by atoms with E-state index in [0.29, 0.717) is 6.54 Å². The molecule has 0 bridgehead atoms. The third-order valence-corrected chi connectivity index (χ3v) is 2.54. The number of rotatable bonds is 2. The molecule has 0 radical (unpaired) electrons. The van der Waals surface area contributed by atoms with Crippen LogP contribution < -0.4 is 5.69 Å². The predicted molar refractivity (Wildman–Crippen MR) is 50.1 cm³/mol. The minimum atomic E-state index is -0.286. The molecule has 2 rings (SSSR count). The SMILES string of the molecule is O=c1[nH]c(O)cn1Cc1cccs1. The summed E-state index contributed by atoms with van der Waals surface area (Å²) in [5.74, 6) is -0.0958. The minimum Gasteiger partial charge on any atom is -0.493 e. The molecular formula is C8H8N2O2S. The molecule has 0 atom stereocenters. The zero-order valence-electron chi connectivity index (χ0n) is 6.73. The molecule has 4 nitrogen and oxygen atoms in total. The smallest absolute Gasteiger partial charge is 0.328 e. The summed E-state index contributed by atoms with van der Waals surface area (Å²) in [5, 5.41) is 10.9. The van der Waals surface area contributed by atoms with Gasteiger partial charge in [-0.15, -0.1) is 11.3 Å². The maximum atomic E-state index is 11.1. The third kappa shape index (κ3) is 1.65. The summed E-state index contributed by atoms with van der Waals surface area (Å²) in [6.07, 6.45) is 1.39. The Morgan fingerprint density at radius 3 is 3.00 bits per heavy atom. The standard InChI is InChI=1S/C8H8N2O2S/c11-7-5-10(8(12)9-7)4-6-2-1-3-13-6/h1-3,5,11H,4H2,(H,9,12). The van der Waals surface area contributed by atoms with Gasteiger partial charge in [0.15, 0.2) is 0 Å². The molecule has 0 aromatic carbocycles. The van der Waals surface area contributed by atoms with Gasteiger partial charge >= 0.3 is 5.69 Å². The van der Waals surface area contributed by atoms with Gasteiger partial charge < -0.3 is 5.11 Å². The number of aromatic nitrogens is 2. The van der Waals surface area contributed by atoms with Crippen LogP contribution in [0.4, 0.5) is 0 Å². The average Bonchev–Trinajstić information content (AvgIpc) is 2.63. The van der Waals surface area contributed by atoms with Crippen LogP contribution in [0.5, 0.6) is 5.88 Å². The summed E-state index contributed by atoms with van der Waals surface area (Å²) in [6, 6.07) is 3.87. The summed E-state index contributed by atoms with van der Waals surface area (Å²) in [5.41, 5.74) is -0.286. The van der Waals surface area contributed by atoms with Crippen LogP contribution in [0.15, 0.2) is 28.5 Å². The van der Waals surface area contributed by atoms with Crippen LogP contribution >= 0.6 is 11.3 Å². The highest BCUT2D eigenvalue weighted by Crippen LogP contribution is 2.10. The van der Waals surface area contributed by atoms with Crippen molar-refractivity contribution in [3.8, 4) is 5.88 Å². The van der Waals surface area contributed by atoms with Crippen molar-refractivity contribution >= 4 is 11.3 Å². The number of hydrogen-bond donors (Lipinski definition) is 2. The van der Waals surface area contributed by atoms with E-state index in [1.165, 1.54) is 10.8 Å². The molecule has 2 N–H and O–H groups in total. The van der Waals surface area contributed by atoms with Gasteiger partial charge in [0, 0.05) is 4.88 Å². The van der Waals surface area contributed by atoms with Gasteiger partial charge in [0.05, 0.1) is 12.7 Å². The molecule has 0 saturated heterocycles. The Labute approximate surface area is 78.1 Å². The van der Waals surface area contributed by atoms with E-state index in [0.717, 1.165) is 4.88 Å². The number of imidazole rings is 1. The van der Waals surface area contributed by atoms with E-state index in [-0.39, 0.29) is 11.6 Å². The summed E-state index contributed by atoms with van der Waals surface area (Å²) >= 11 is 1.58. The molecule has 0 fully saturated rings. The molecule has 0 saturated carbocycles. The summed E-state index contributed by atoms with van der Waals surface area (Å²) in [4.78, 5) is 14.5. The summed E-state index contributed by atoms with van der Waals surface area (Å²) in [7, 11) is 0. The Bertz CT molecular complexity index is 441. The van der Waals surface area contributed by atoms with Crippen LogP contribution in [-0.4, -0.2) is 14.7 Å². The van der Waals surface area contributed by atoms with Gasteiger partial charge in [-0.25, -0.2) is 4.79 Å². The van der Waals surface area contributed by atoms with Crippen LogP contribution in [0.1, 0.15) is 4.88 Å². The molecular weight excluding hydrogens is 188 g/mol. The number of aromatic hydroxyl groups is 1. The molecule has 68 valence electrons. The van der Waals surface area contributed by atoms with Gasteiger partial charge in [0.1, 0.15) is 0 Å². The molecule has 13 heavy (non-hydrogen) atoms. The molecule has 0 unspecified atom stereocenters. The van der Waals surface area contributed by atoms with Gasteiger partial charge in [0.25, 0.3) is 0 Å². The fourth-order valence-electron chi connectivity index (χ4n) is 1.11. The molecule has 2 aromatic rings. The second-order valence-electron chi connectivity index (χ2n) is 2.65. The second-order valence-corrected chi connectivity index (χ2v) is 3.68. The van der Waals surface area contributed by atoms with Crippen LogP contribution in [0.25, 0.3) is 0 Å². The molecule has 0 aliphatic carbocycles. The lowest BCUT2D eigenvalue weighted by Gasteiger charge is -1.95. The van der Waals surface area contributed by atoms with Crippen molar-refractivity contribution in [1.82, 2.24) is 9.55 Å². The molecule has 2 heterocycles. The first-order valence-electron chi connectivity index (χ1n) is 3.76. The second kappa shape index (κ2) is 3.10. The highest BCUT2D eigenvalue weighted by molar-refractivity contribution is 7.09. The van der Waals surface area contributed by atoms with Crippen molar-refractivity contribution in [1.29, 1.82) is 0 Å². The minimum absolute atomic E-state index is 0.0958. The van der Waals surface area contributed by atoms with Crippen LogP contribution in [0.3, 0.4) is 0 Å². The number of thiophene rings is 1. The van der Waals surface area contributed by atoms with Crippen LogP contribution in [0, 0.1) is 0 Å². The average molecular weight is 196 g/mol. The lowest BCUT2D eigenvalue weighted by Crippen LogP contribution is -2.15. The van der Waals surface area contributed by atoms with E-state index in [9.17, 15) is 4.79 Å². The van der Waals surface area contributed by atoms with Crippen LogP contribution in [0.2, 0.25) is 0 Å². The fraction of sp³-hybridized carbons (Fsp3) is 0.125. The Morgan fingerprint density at radius 1 is 1.62 bits per heavy atom. The number of nitrogens with zero attached hydrogens (tertiary/aromatic N) is 1. The van der Waals surface area contributed by atoms with Gasteiger partial charge in [-0.3, -0.25) is 9.55 Å². The first kappa shape index (κ1) is 8.12. The Balaban J connectivity index is 2.28. The Morgan fingerprint density at radius 2 is 2.46 bits per heavy atom. The van der Waals surface area contributed by atoms with Crippen molar-refractivity contribution in [3.63, 3.8) is 0 Å². The summed E-state index contributed by atoms with van der Waals surface area (Å²) < 4.78 is 1.43. The normalized spacial score (nSPS) is 10.5.